The van der Waals surface area contributed by atoms with Gasteiger partial charge in [-0.2, -0.15) is 0 Å². The molecule has 154 valence electrons. The third-order valence-corrected chi connectivity index (χ3v) is 5.95. The first-order valence-corrected chi connectivity index (χ1v) is 10.2. The van der Waals surface area contributed by atoms with Crippen LogP contribution in [0.2, 0.25) is 5.02 Å². The number of hydrogen-bond donors (Lipinski definition) is 2. The molecule has 7 heteroatoms. The molecule has 0 saturated carbocycles. The van der Waals surface area contributed by atoms with Crippen molar-refractivity contribution in [2.45, 2.75) is 24.7 Å². The summed E-state index contributed by atoms with van der Waals surface area (Å²) in [6.45, 7) is 2.41. The number of fused-ring (bicyclic) bond motifs is 1. The number of hydrogen-bond acceptors (Lipinski definition) is 4. The molecule has 0 aromatic heterocycles. The lowest BCUT2D eigenvalue weighted by molar-refractivity contribution is 0.0500. The van der Waals surface area contributed by atoms with Gasteiger partial charge in [-0.25, -0.2) is 4.79 Å². The number of nitrogens with one attached hydrogen (secondary N) is 2. The Labute approximate surface area is 175 Å². The van der Waals surface area contributed by atoms with Gasteiger partial charge in [0.15, 0.2) is 0 Å². The third-order valence-electron chi connectivity index (χ3n) is 5.72. The van der Waals surface area contributed by atoms with Gasteiger partial charge in [0, 0.05) is 47.9 Å². The van der Waals surface area contributed by atoms with Crippen LogP contribution in [-0.4, -0.2) is 39.5 Å². The van der Waals surface area contributed by atoms with Crippen LogP contribution in [0.15, 0.2) is 36.4 Å². The van der Waals surface area contributed by atoms with Crippen molar-refractivity contribution in [1.29, 1.82) is 0 Å². The van der Waals surface area contributed by atoms with Gasteiger partial charge in [-0.3, -0.25) is 0 Å². The Morgan fingerprint density at radius 2 is 2.00 bits per heavy atom. The zero-order valence-electron chi connectivity index (χ0n) is 16.4. The predicted octanol–water partition coefficient (Wildman–Crippen LogP) is 4.15. The topological polar surface area (TPSA) is 68.8 Å². The van der Waals surface area contributed by atoms with Gasteiger partial charge in [0.05, 0.1) is 13.7 Å². The van der Waals surface area contributed by atoms with Crippen molar-refractivity contribution < 1.29 is 19.0 Å². The Hall–Kier alpha value is -2.44. The number of anilines is 1. The van der Waals surface area contributed by atoms with Gasteiger partial charge in [-0.05, 0) is 54.8 Å². The number of halogens is 1. The maximum Gasteiger partial charge on any atom is 0.319 e. The highest BCUT2D eigenvalue weighted by Crippen LogP contribution is 2.40. The molecule has 2 heterocycles. The number of urea groups is 1. The van der Waals surface area contributed by atoms with Crippen molar-refractivity contribution in [1.82, 2.24) is 5.32 Å². The summed E-state index contributed by atoms with van der Waals surface area (Å²) in [5, 5.41) is 6.62. The minimum atomic E-state index is -0.294. The molecule has 0 unspecified atom stereocenters. The van der Waals surface area contributed by atoms with Crippen molar-refractivity contribution in [2.75, 3.05) is 38.8 Å². The Balaban J connectivity index is 1.49. The van der Waals surface area contributed by atoms with Crippen LogP contribution in [0.1, 0.15) is 24.0 Å². The van der Waals surface area contributed by atoms with Crippen LogP contribution in [0.4, 0.5) is 10.5 Å². The highest BCUT2D eigenvalue weighted by molar-refractivity contribution is 6.30. The van der Waals surface area contributed by atoms with Crippen LogP contribution in [0.25, 0.3) is 0 Å². The van der Waals surface area contributed by atoms with Crippen molar-refractivity contribution in [3.8, 4) is 11.5 Å². The standard InChI is InChI=1S/C22H25ClN2O4/c1-27-20-4-2-16(23)13-18(20)22(7-10-28-11-8-22)14-24-21(26)25-17-3-5-19-15(12-17)6-9-29-19/h2-5,12-13H,6-11,14H2,1H3,(H2,24,25,26). The number of benzene rings is 2. The zero-order valence-corrected chi connectivity index (χ0v) is 17.2. The quantitative estimate of drug-likeness (QED) is 0.768. The smallest absolute Gasteiger partial charge is 0.319 e. The lowest BCUT2D eigenvalue weighted by Gasteiger charge is -2.38. The van der Waals surface area contributed by atoms with Crippen molar-refractivity contribution >= 4 is 23.3 Å². The second-order valence-corrected chi connectivity index (χ2v) is 7.90. The van der Waals surface area contributed by atoms with E-state index < -0.39 is 0 Å². The van der Waals surface area contributed by atoms with Gasteiger partial charge in [0.25, 0.3) is 0 Å². The van der Waals surface area contributed by atoms with Gasteiger partial charge < -0.3 is 24.8 Å². The Morgan fingerprint density at radius 1 is 1.17 bits per heavy atom. The normalized spacial score (nSPS) is 17.2. The maximum absolute atomic E-state index is 12.6. The van der Waals surface area contributed by atoms with Gasteiger partial charge in [0.1, 0.15) is 11.5 Å². The number of amides is 2. The third kappa shape index (κ3) is 4.28. The summed E-state index contributed by atoms with van der Waals surface area (Å²) in [5.74, 6) is 1.67. The first-order chi connectivity index (χ1) is 14.1. The van der Waals surface area contributed by atoms with Crippen LogP contribution < -0.4 is 20.1 Å². The predicted molar refractivity (Wildman–Crippen MR) is 112 cm³/mol. The number of rotatable bonds is 5. The largest absolute Gasteiger partial charge is 0.496 e. The molecule has 2 N–H and O–H groups in total. The fourth-order valence-electron chi connectivity index (χ4n) is 4.09. The van der Waals surface area contributed by atoms with Crippen LogP contribution in [0.5, 0.6) is 11.5 Å². The van der Waals surface area contributed by atoms with Crippen molar-refractivity contribution in [3.05, 3.63) is 52.5 Å². The first kappa shape index (κ1) is 19.9. The van der Waals surface area contributed by atoms with E-state index >= 15 is 0 Å². The molecule has 2 aromatic carbocycles. The molecule has 0 radical (unpaired) electrons. The molecular weight excluding hydrogens is 392 g/mol. The molecule has 2 aliphatic heterocycles. The summed E-state index contributed by atoms with van der Waals surface area (Å²) in [6, 6.07) is 11.1. The molecule has 0 spiro atoms. The van der Waals surface area contributed by atoms with E-state index in [0.29, 0.717) is 31.4 Å². The summed E-state index contributed by atoms with van der Waals surface area (Å²) >= 11 is 6.27. The summed E-state index contributed by atoms with van der Waals surface area (Å²) in [6.07, 6.45) is 2.42. The van der Waals surface area contributed by atoms with E-state index in [1.54, 1.807) is 7.11 Å². The van der Waals surface area contributed by atoms with Gasteiger partial charge in [-0.15, -0.1) is 0 Å². The lowest BCUT2D eigenvalue weighted by Crippen LogP contribution is -2.45. The summed E-state index contributed by atoms with van der Waals surface area (Å²) in [5.41, 5.74) is 2.59. The lowest BCUT2D eigenvalue weighted by atomic mass is 9.73. The van der Waals surface area contributed by atoms with Crippen LogP contribution in [0.3, 0.4) is 0 Å². The molecule has 0 bridgehead atoms. The summed E-state index contributed by atoms with van der Waals surface area (Å²) < 4.78 is 16.7. The van der Waals surface area contributed by atoms with Gasteiger partial charge in [0.2, 0.25) is 0 Å². The molecule has 0 atom stereocenters. The van der Waals surface area contributed by atoms with E-state index in [4.69, 9.17) is 25.8 Å². The van der Waals surface area contributed by atoms with Gasteiger partial charge >= 0.3 is 6.03 Å². The summed E-state index contributed by atoms with van der Waals surface area (Å²) in [7, 11) is 1.65. The van der Waals surface area contributed by atoms with Gasteiger partial charge in [-0.1, -0.05) is 11.6 Å². The molecule has 2 aliphatic rings. The molecule has 29 heavy (non-hydrogen) atoms. The summed E-state index contributed by atoms with van der Waals surface area (Å²) in [4.78, 5) is 12.6. The van der Waals surface area contributed by atoms with Crippen LogP contribution in [0, 0.1) is 0 Å². The molecular formula is C22H25ClN2O4. The van der Waals surface area contributed by atoms with Crippen molar-refractivity contribution in [2.24, 2.45) is 0 Å². The molecule has 0 aliphatic carbocycles. The molecule has 4 rings (SSSR count). The zero-order chi connectivity index (χ0) is 20.3. The number of carbonyl (C=O) groups excluding carboxylic acids is 1. The molecule has 6 nitrogen and oxygen atoms in total. The fourth-order valence-corrected chi connectivity index (χ4v) is 4.26. The van der Waals surface area contributed by atoms with E-state index in [0.717, 1.165) is 47.6 Å². The minimum absolute atomic E-state index is 0.240. The average molecular weight is 417 g/mol. The fraction of sp³-hybridized carbons (Fsp3) is 0.409. The van der Waals surface area contributed by atoms with E-state index in [1.165, 1.54) is 0 Å². The maximum atomic E-state index is 12.6. The Morgan fingerprint density at radius 3 is 2.79 bits per heavy atom. The molecule has 2 aromatic rings. The first-order valence-electron chi connectivity index (χ1n) is 9.82. The molecule has 2 amide bonds. The van der Waals surface area contributed by atoms with E-state index in [9.17, 15) is 4.79 Å². The molecule has 1 fully saturated rings. The number of ether oxygens (including phenoxy) is 3. The Bertz CT molecular complexity index is 896. The minimum Gasteiger partial charge on any atom is -0.496 e. The second-order valence-electron chi connectivity index (χ2n) is 7.47. The van der Waals surface area contributed by atoms with Crippen LogP contribution in [-0.2, 0) is 16.6 Å². The van der Waals surface area contributed by atoms with E-state index in [1.807, 2.05) is 36.4 Å². The highest BCUT2D eigenvalue weighted by atomic mass is 35.5. The molecule has 1 saturated heterocycles. The highest BCUT2D eigenvalue weighted by Gasteiger charge is 2.37. The average Bonchev–Trinajstić information content (AvgIpc) is 3.21. The number of carbonyl (C=O) groups is 1. The second kappa shape index (κ2) is 8.51. The van der Waals surface area contributed by atoms with Crippen molar-refractivity contribution in [3.63, 3.8) is 0 Å². The Kier molecular flexibility index (Phi) is 5.83. The van der Waals surface area contributed by atoms with E-state index in [2.05, 4.69) is 10.6 Å². The number of methoxy groups -OCH3 is 1. The van der Waals surface area contributed by atoms with E-state index in [-0.39, 0.29) is 11.4 Å². The monoisotopic (exact) mass is 416 g/mol. The van der Waals surface area contributed by atoms with Crippen LogP contribution >= 0.6 is 11.6 Å². The SMILES string of the molecule is COc1ccc(Cl)cc1C1(CNC(=O)Nc2ccc3c(c2)CCO3)CCOCC1.